The average Bonchev–Trinajstić information content (AvgIpc) is 3.22. The first-order valence-corrected chi connectivity index (χ1v) is 9.56. The van der Waals surface area contributed by atoms with Crippen molar-refractivity contribution in [3.8, 4) is 0 Å². The van der Waals surface area contributed by atoms with Gasteiger partial charge in [0, 0.05) is 43.8 Å². The van der Waals surface area contributed by atoms with Crippen molar-refractivity contribution >= 4 is 29.0 Å². The molecule has 1 saturated heterocycles. The second kappa shape index (κ2) is 9.88. The maximum atomic E-state index is 13.3. The Hall–Kier alpha value is -3.13. The lowest BCUT2D eigenvalue weighted by atomic mass is 10.1. The fourth-order valence-electron chi connectivity index (χ4n) is 3.25. The van der Waals surface area contributed by atoms with E-state index in [9.17, 15) is 14.0 Å². The van der Waals surface area contributed by atoms with E-state index in [1.54, 1.807) is 25.3 Å². The molecule has 0 saturated carbocycles. The van der Waals surface area contributed by atoms with Crippen LogP contribution in [0.25, 0.3) is 0 Å². The van der Waals surface area contributed by atoms with Gasteiger partial charge in [-0.2, -0.15) is 0 Å². The Kier molecular flexibility index (Phi) is 7.02. The lowest BCUT2D eigenvalue weighted by Crippen LogP contribution is -2.30. The minimum absolute atomic E-state index is 0.224. The van der Waals surface area contributed by atoms with Gasteiger partial charge < -0.3 is 25.6 Å². The van der Waals surface area contributed by atoms with Crippen LogP contribution in [-0.2, 0) is 4.74 Å². The van der Waals surface area contributed by atoms with Crippen LogP contribution in [0.2, 0.25) is 0 Å². The van der Waals surface area contributed by atoms with Crippen LogP contribution in [0.15, 0.2) is 42.5 Å². The van der Waals surface area contributed by atoms with Crippen molar-refractivity contribution < 1.29 is 18.7 Å². The van der Waals surface area contributed by atoms with E-state index in [1.807, 2.05) is 6.07 Å². The second-order valence-electron chi connectivity index (χ2n) is 6.76. The molecule has 8 heteroatoms. The summed E-state index contributed by atoms with van der Waals surface area (Å²) in [5.41, 5.74) is 2.15. The summed E-state index contributed by atoms with van der Waals surface area (Å²) < 4.78 is 18.3. The molecule has 1 fully saturated rings. The van der Waals surface area contributed by atoms with E-state index in [1.165, 1.54) is 18.2 Å². The Morgan fingerprint density at radius 2 is 1.79 bits per heavy atom. The van der Waals surface area contributed by atoms with Crippen LogP contribution in [0, 0.1) is 5.82 Å². The molecule has 0 bridgehead atoms. The van der Waals surface area contributed by atoms with Gasteiger partial charge in [0.1, 0.15) is 5.82 Å². The summed E-state index contributed by atoms with van der Waals surface area (Å²) in [6.07, 6.45) is 2.17. The van der Waals surface area contributed by atoms with Gasteiger partial charge in [-0.05, 0) is 49.2 Å². The molecular formula is C21H25FN4O3. The Bertz CT molecular complexity index is 869. The number of anilines is 3. The zero-order valence-corrected chi connectivity index (χ0v) is 16.3. The quantitative estimate of drug-likeness (QED) is 0.622. The molecule has 29 heavy (non-hydrogen) atoms. The number of carbonyl (C=O) groups is 2. The first kappa shape index (κ1) is 20.6. The first-order valence-electron chi connectivity index (χ1n) is 9.56. The highest BCUT2D eigenvalue weighted by Crippen LogP contribution is 2.27. The predicted molar refractivity (Wildman–Crippen MR) is 111 cm³/mol. The van der Waals surface area contributed by atoms with Gasteiger partial charge in [-0.1, -0.05) is 6.07 Å². The Balaban J connectivity index is 1.75. The van der Waals surface area contributed by atoms with Crippen LogP contribution in [0.3, 0.4) is 0 Å². The molecule has 2 aromatic carbocycles. The topological polar surface area (TPSA) is 82.7 Å². The minimum Gasteiger partial charge on any atom is -0.383 e. The molecule has 0 radical (unpaired) electrons. The number of carbonyl (C=O) groups excluding carboxylic acids is 2. The molecule has 0 unspecified atom stereocenters. The number of rotatable bonds is 7. The fourth-order valence-corrected chi connectivity index (χ4v) is 3.25. The van der Waals surface area contributed by atoms with Gasteiger partial charge in [-0.3, -0.25) is 4.79 Å². The van der Waals surface area contributed by atoms with E-state index < -0.39 is 11.8 Å². The maximum Gasteiger partial charge on any atom is 0.323 e. The summed E-state index contributed by atoms with van der Waals surface area (Å²) in [4.78, 5) is 27.1. The SMILES string of the molecule is COCCNC(=O)c1cc(NC(=O)Nc2cccc(F)c2)ccc1N1CCCC1. The number of nitrogens with one attached hydrogen (secondary N) is 3. The molecule has 3 N–H and O–H groups in total. The zero-order valence-electron chi connectivity index (χ0n) is 16.3. The maximum absolute atomic E-state index is 13.3. The molecule has 3 amide bonds. The molecule has 1 heterocycles. The van der Waals surface area contributed by atoms with Crippen molar-refractivity contribution in [1.82, 2.24) is 5.32 Å². The van der Waals surface area contributed by atoms with Gasteiger partial charge in [-0.15, -0.1) is 0 Å². The van der Waals surface area contributed by atoms with Crippen LogP contribution < -0.4 is 20.9 Å². The van der Waals surface area contributed by atoms with Crippen LogP contribution in [-0.4, -0.2) is 45.3 Å². The second-order valence-corrected chi connectivity index (χ2v) is 6.76. The van der Waals surface area contributed by atoms with Gasteiger partial charge >= 0.3 is 6.03 Å². The largest absolute Gasteiger partial charge is 0.383 e. The van der Waals surface area contributed by atoms with E-state index >= 15 is 0 Å². The van der Waals surface area contributed by atoms with Crippen molar-refractivity contribution in [3.63, 3.8) is 0 Å². The third-order valence-corrected chi connectivity index (χ3v) is 4.62. The van der Waals surface area contributed by atoms with E-state index in [0.717, 1.165) is 31.6 Å². The molecule has 0 spiro atoms. The number of nitrogens with zero attached hydrogens (tertiary/aromatic N) is 1. The van der Waals surface area contributed by atoms with E-state index in [2.05, 4.69) is 20.9 Å². The number of urea groups is 1. The number of hydrogen-bond acceptors (Lipinski definition) is 4. The van der Waals surface area contributed by atoms with Crippen molar-refractivity contribution in [3.05, 3.63) is 53.8 Å². The van der Waals surface area contributed by atoms with Gasteiger partial charge in [0.15, 0.2) is 0 Å². The first-order chi connectivity index (χ1) is 14.1. The van der Waals surface area contributed by atoms with Crippen LogP contribution in [0.5, 0.6) is 0 Å². The van der Waals surface area contributed by atoms with Crippen LogP contribution in [0.4, 0.5) is 26.2 Å². The zero-order chi connectivity index (χ0) is 20.6. The predicted octanol–water partition coefficient (Wildman–Crippen LogP) is 3.45. The Labute approximate surface area is 169 Å². The van der Waals surface area contributed by atoms with E-state index in [-0.39, 0.29) is 5.91 Å². The van der Waals surface area contributed by atoms with Crippen molar-refractivity contribution in [2.45, 2.75) is 12.8 Å². The van der Waals surface area contributed by atoms with Gasteiger partial charge in [-0.25, -0.2) is 9.18 Å². The molecule has 2 aromatic rings. The molecule has 154 valence electrons. The lowest BCUT2D eigenvalue weighted by molar-refractivity contribution is 0.0937. The fraction of sp³-hybridized carbons (Fsp3) is 0.333. The molecule has 7 nitrogen and oxygen atoms in total. The van der Waals surface area contributed by atoms with Crippen molar-refractivity contribution in [1.29, 1.82) is 0 Å². The molecule has 1 aliphatic rings. The van der Waals surface area contributed by atoms with Crippen molar-refractivity contribution in [2.75, 3.05) is 48.9 Å². The highest BCUT2D eigenvalue weighted by molar-refractivity contribution is 6.04. The minimum atomic E-state index is -0.518. The van der Waals surface area contributed by atoms with Gasteiger partial charge in [0.2, 0.25) is 0 Å². The summed E-state index contributed by atoms with van der Waals surface area (Å²) in [6, 6.07) is 10.4. The number of ether oxygens (including phenoxy) is 1. The molecule has 3 rings (SSSR count). The van der Waals surface area contributed by atoms with E-state index in [4.69, 9.17) is 4.74 Å². The number of halogens is 1. The smallest absolute Gasteiger partial charge is 0.323 e. The van der Waals surface area contributed by atoms with Gasteiger partial charge in [0.05, 0.1) is 12.2 Å². The third-order valence-electron chi connectivity index (χ3n) is 4.62. The number of methoxy groups -OCH3 is 1. The summed E-state index contributed by atoms with van der Waals surface area (Å²) in [5.74, 6) is -0.661. The Morgan fingerprint density at radius 1 is 1.07 bits per heavy atom. The number of amides is 3. The molecule has 0 aliphatic carbocycles. The summed E-state index contributed by atoms with van der Waals surface area (Å²) in [7, 11) is 1.57. The number of benzene rings is 2. The molecular weight excluding hydrogens is 375 g/mol. The third kappa shape index (κ3) is 5.68. The van der Waals surface area contributed by atoms with Crippen LogP contribution in [0.1, 0.15) is 23.2 Å². The summed E-state index contributed by atoms with van der Waals surface area (Å²) in [6.45, 7) is 2.60. The summed E-state index contributed by atoms with van der Waals surface area (Å²) >= 11 is 0. The highest BCUT2D eigenvalue weighted by atomic mass is 19.1. The average molecular weight is 400 g/mol. The normalized spacial score (nSPS) is 13.2. The van der Waals surface area contributed by atoms with Gasteiger partial charge in [0.25, 0.3) is 5.91 Å². The molecule has 0 atom stereocenters. The van der Waals surface area contributed by atoms with Crippen LogP contribution >= 0.6 is 0 Å². The molecule has 1 aliphatic heterocycles. The summed E-state index contributed by atoms with van der Waals surface area (Å²) in [5, 5.41) is 8.10. The number of hydrogen-bond donors (Lipinski definition) is 3. The molecule has 0 aromatic heterocycles. The van der Waals surface area contributed by atoms with Crippen molar-refractivity contribution in [2.24, 2.45) is 0 Å². The highest BCUT2D eigenvalue weighted by Gasteiger charge is 2.20. The lowest BCUT2D eigenvalue weighted by Gasteiger charge is -2.22. The Morgan fingerprint density at radius 3 is 2.48 bits per heavy atom. The standard InChI is InChI=1S/C21H25FN4O3/c1-29-12-9-23-20(27)18-14-17(7-8-19(18)26-10-2-3-11-26)25-21(28)24-16-6-4-5-15(22)13-16/h4-8,13-14H,2-3,9-12H2,1H3,(H,23,27)(H2,24,25,28). The van der Waals surface area contributed by atoms with E-state index in [0.29, 0.717) is 30.1 Å². The monoisotopic (exact) mass is 400 g/mol.